The highest BCUT2D eigenvalue weighted by Crippen LogP contribution is 2.65. The molecule has 8 nitrogen and oxygen atoms in total. The van der Waals surface area contributed by atoms with Crippen LogP contribution in [0.15, 0.2) is 0 Å². The molecular weight excluding hydrogens is 372 g/mol. The van der Waals surface area contributed by atoms with Crippen molar-refractivity contribution in [1.29, 1.82) is 0 Å². The Bertz CT molecular complexity index is 694. The average molecular weight is 409 g/mol. The minimum absolute atomic E-state index is 0.0243. The third-order valence-corrected chi connectivity index (χ3v) is 7.60. The van der Waals surface area contributed by atoms with Crippen molar-refractivity contribution in [2.45, 2.75) is 71.7 Å². The number of carbonyl (C=O) groups excluding carboxylic acids is 3. The van der Waals surface area contributed by atoms with Crippen molar-refractivity contribution in [2.75, 3.05) is 6.54 Å². The second kappa shape index (κ2) is 7.54. The molecule has 2 unspecified atom stereocenters. The molecule has 3 rings (SSSR count). The molecule has 6 N–H and O–H groups in total. The summed E-state index contributed by atoms with van der Waals surface area (Å²) in [6.07, 6.45) is 0.0614. The molecule has 2 saturated carbocycles. The standard InChI is InChI=1S/C21H36N4O4/c1-9(2)15(22)20(29)25-8-12-14(21(12,4)5)16(25)19(28)24-13(17(26)18(23)27)7-11-6-10(11)3/h9-17,26H,6-8,22H2,1-5H3,(H2,23,27)(H,24,28)/t10-,11+,12-,13?,14-,15-,16-,17?/m0/s1. The normalized spacial score (nSPS) is 34.9. The minimum Gasteiger partial charge on any atom is -0.381 e. The van der Waals surface area contributed by atoms with Crippen LogP contribution >= 0.6 is 0 Å². The highest BCUT2D eigenvalue weighted by molar-refractivity contribution is 5.92. The summed E-state index contributed by atoms with van der Waals surface area (Å²) in [6.45, 7) is 10.6. The smallest absolute Gasteiger partial charge is 0.248 e. The largest absolute Gasteiger partial charge is 0.381 e. The van der Waals surface area contributed by atoms with Gasteiger partial charge >= 0.3 is 0 Å². The van der Waals surface area contributed by atoms with E-state index < -0.39 is 30.1 Å². The number of rotatable bonds is 8. The lowest BCUT2D eigenvalue weighted by atomic mass is 9.96. The second-order valence-electron chi connectivity index (χ2n) is 10.3. The number of nitrogens with one attached hydrogen (secondary N) is 1. The monoisotopic (exact) mass is 408 g/mol. The van der Waals surface area contributed by atoms with Gasteiger partial charge in [-0.1, -0.05) is 34.6 Å². The predicted molar refractivity (Wildman–Crippen MR) is 108 cm³/mol. The van der Waals surface area contributed by atoms with Gasteiger partial charge in [0.1, 0.15) is 6.04 Å². The molecule has 1 heterocycles. The van der Waals surface area contributed by atoms with Crippen LogP contribution < -0.4 is 16.8 Å². The van der Waals surface area contributed by atoms with E-state index >= 15 is 0 Å². The third kappa shape index (κ3) is 4.01. The molecule has 1 aliphatic heterocycles. The van der Waals surface area contributed by atoms with Crippen LogP contribution in [0.2, 0.25) is 0 Å². The molecule has 0 aromatic heterocycles. The number of nitrogens with zero attached hydrogens (tertiary/aromatic N) is 1. The lowest BCUT2D eigenvalue weighted by Gasteiger charge is -2.34. The van der Waals surface area contributed by atoms with E-state index in [2.05, 4.69) is 26.1 Å². The van der Waals surface area contributed by atoms with Crippen molar-refractivity contribution in [1.82, 2.24) is 10.2 Å². The molecule has 29 heavy (non-hydrogen) atoms. The van der Waals surface area contributed by atoms with Crippen LogP contribution in [0.3, 0.4) is 0 Å². The van der Waals surface area contributed by atoms with Crippen molar-refractivity contribution >= 4 is 17.7 Å². The molecule has 2 aliphatic carbocycles. The zero-order valence-electron chi connectivity index (χ0n) is 18.1. The Kier molecular flexibility index (Phi) is 5.73. The SMILES string of the molecule is CC(C)[C@H](N)C(=O)N1C[C@H]2[C@@H]([C@H]1C(=O)NC(C[C@H]1C[C@@H]1C)C(O)C(N)=O)C2(C)C. The van der Waals surface area contributed by atoms with Gasteiger partial charge < -0.3 is 26.8 Å². The predicted octanol–water partition coefficient (Wildman–Crippen LogP) is -0.170. The van der Waals surface area contributed by atoms with E-state index in [1.54, 1.807) is 4.90 Å². The van der Waals surface area contributed by atoms with Crippen molar-refractivity contribution in [3.05, 3.63) is 0 Å². The molecular formula is C21H36N4O4. The molecule has 1 saturated heterocycles. The molecule has 0 aromatic carbocycles. The summed E-state index contributed by atoms with van der Waals surface area (Å²) in [5, 5.41) is 13.1. The van der Waals surface area contributed by atoms with E-state index in [-0.39, 0.29) is 35.0 Å². The number of carbonyl (C=O) groups is 3. The lowest BCUT2D eigenvalue weighted by Crippen LogP contribution is -2.58. The Hall–Kier alpha value is -1.67. The first kappa shape index (κ1) is 22.0. The summed E-state index contributed by atoms with van der Waals surface area (Å²) in [5.41, 5.74) is 11.4. The quantitative estimate of drug-likeness (QED) is 0.442. The summed E-state index contributed by atoms with van der Waals surface area (Å²) >= 11 is 0. The van der Waals surface area contributed by atoms with Gasteiger partial charge in [0.25, 0.3) is 0 Å². The Morgan fingerprint density at radius 1 is 1.28 bits per heavy atom. The summed E-state index contributed by atoms with van der Waals surface area (Å²) in [4.78, 5) is 39.4. The molecule has 164 valence electrons. The first-order valence-electron chi connectivity index (χ1n) is 10.7. The maximum absolute atomic E-state index is 13.3. The van der Waals surface area contributed by atoms with Crippen LogP contribution in [0.4, 0.5) is 0 Å². The van der Waals surface area contributed by atoms with Gasteiger partial charge in [0.2, 0.25) is 17.7 Å². The summed E-state index contributed by atoms with van der Waals surface area (Å²) in [7, 11) is 0. The summed E-state index contributed by atoms with van der Waals surface area (Å²) in [6, 6.07) is -2.04. The molecule has 8 heteroatoms. The number of aliphatic hydroxyl groups is 1. The van der Waals surface area contributed by atoms with Crippen LogP contribution in [0.5, 0.6) is 0 Å². The van der Waals surface area contributed by atoms with Crippen molar-refractivity contribution in [3.63, 3.8) is 0 Å². The fourth-order valence-corrected chi connectivity index (χ4v) is 5.08. The molecule has 8 atom stereocenters. The number of piperidine rings is 1. The molecule has 0 bridgehead atoms. The first-order chi connectivity index (χ1) is 13.4. The van der Waals surface area contributed by atoms with E-state index in [0.29, 0.717) is 24.8 Å². The molecule has 3 amide bonds. The van der Waals surface area contributed by atoms with E-state index in [4.69, 9.17) is 11.5 Å². The van der Waals surface area contributed by atoms with Gasteiger partial charge in [-0.25, -0.2) is 0 Å². The number of hydrogen-bond donors (Lipinski definition) is 4. The molecule has 3 fully saturated rings. The zero-order chi connectivity index (χ0) is 21.8. The maximum Gasteiger partial charge on any atom is 0.248 e. The van der Waals surface area contributed by atoms with Gasteiger partial charge in [0.15, 0.2) is 6.10 Å². The van der Waals surface area contributed by atoms with Crippen molar-refractivity contribution in [3.8, 4) is 0 Å². The fourth-order valence-electron chi connectivity index (χ4n) is 5.08. The molecule has 0 aromatic rings. The highest BCUT2D eigenvalue weighted by Gasteiger charge is 2.69. The Labute approximate surface area is 172 Å². The van der Waals surface area contributed by atoms with Crippen molar-refractivity contribution in [2.24, 2.45) is 46.5 Å². The summed E-state index contributed by atoms with van der Waals surface area (Å²) < 4.78 is 0. The third-order valence-electron chi connectivity index (χ3n) is 7.60. The summed E-state index contributed by atoms with van der Waals surface area (Å²) in [5.74, 6) is -0.255. The number of amides is 3. The second-order valence-corrected chi connectivity index (χ2v) is 10.3. The number of nitrogens with two attached hydrogens (primary N) is 2. The van der Waals surface area contributed by atoms with Gasteiger partial charge in [-0.3, -0.25) is 14.4 Å². The number of hydrogen-bond acceptors (Lipinski definition) is 5. The van der Waals surface area contributed by atoms with Crippen LogP contribution in [0.25, 0.3) is 0 Å². The first-order valence-corrected chi connectivity index (χ1v) is 10.7. The Morgan fingerprint density at radius 3 is 2.34 bits per heavy atom. The lowest BCUT2D eigenvalue weighted by molar-refractivity contribution is -0.143. The van der Waals surface area contributed by atoms with E-state index in [0.717, 1.165) is 6.42 Å². The van der Waals surface area contributed by atoms with Crippen LogP contribution in [-0.4, -0.2) is 58.5 Å². The van der Waals surface area contributed by atoms with E-state index in [1.165, 1.54) is 0 Å². The number of fused-ring (bicyclic) bond motifs is 1. The van der Waals surface area contributed by atoms with E-state index in [9.17, 15) is 19.5 Å². The topological polar surface area (TPSA) is 139 Å². The zero-order valence-corrected chi connectivity index (χ0v) is 18.1. The molecule has 3 aliphatic rings. The van der Waals surface area contributed by atoms with Gasteiger partial charge in [-0.2, -0.15) is 0 Å². The average Bonchev–Trinajstić information content (AvgIpc) is 3.37. The van der Waals surface area contributed by atoms with Crippen molar-refractivity contribution < 1.29 is 19.5 Å². The highest BCUT2D eigenvalue weighted by atomic mass is 16.3. The molecule has 0 radical (unpaired) electrons. The van der Waals surface area contributed by atoms with Crippen LogP contribution in [0, 0.1) is 35.0 Å². The molecule has 0 spiro atoms. The maximum atomic E-state index is 13.3. The fraction of sp³-hybridized carbons (Fsp3) is 0.857. The Balaban J connectivity index is 1.77. The van der Waals surface area contributed by atoms with Gasteiger partial charge in [0.05, 0.1) is 12.1 Å². The van der Waals surface area contributed by atoms with Crippen LogP contribution in [0.1, 0.15) is 47.5 Å². The van der Waals surface area contributed by atoms with Gasteiger partial charge in [-0.05, 0) is 47.8 Å². The number of likely N-dealkylation sites (tertiary alicyclic amines) is 1. The van der Waals surface area contributed by atoms with Crippen LogP contribution in [-0.2, 0) is 14.4 Å². The van der Waals surface area contributed by atoms with Gasteiger partial charge in [0, 0.05) is 6.54 Å². The Morgan fingerprint density at radius 2 is 1.86 bits per heavy atom. The minimum atomic E-state index is -1.45. The van der Waals surface area contributed by atoms with Gasteiger partial charge in [-0.15, -0.1) is 0 Å². The number of aliphatic hydroxyl groups excluding tert-OH is 1. The number of primary amides is 1. The van der Waals surface area contributed by atoms with E-state index in [1.807, 2.05) is 13.8 Å².